The molecule has 3 heterocycles. The third-order valence-electron chi connectivity index (χ3n) is 8.34. The molecule has 1 fully saturated rings. The number of aromatic nitrogens is 5. The van der Waals surface area contributed by atoms with Crippen LogP contribution in [-0.4, -0.2) is 42.0 Å². The maximum Gasteiger partial charge on any atom is 0.442 e. The molecule has 0 radical (unpaired) electrons. The van der Waals surface area contributed by atoms with Crippen LogP contribution in [0.4, 0.5) is 33.9 Å². The molecule has 2 amide bonds. The largest absolute Gasteiger partial charge is 0.442 e. The summed E-state index contributed by atoms with van der Waals surface area (Å²) in [7, 11) is 0. The van der Waals surface area contributed by atoms with Gasteiger partial charge < -0.3 is 9.88 Å². The normalized spacial score (nSPS) is 14.0. The zero-order valence-electron chi connectivity index (χ0n) is 27.3. The molecule has 1 aliphatic rings. The Morgan fingerprint density at radius 3 is 2.52 bits per heavy atom. The van der Waals surface area contributed by atoms with Crippen LogP contribution >= 0.6 is 0 Å². The minimum atomic E-state index is -5.02. The number of rotatable bonds is 9. The fraction of sp³-hybridized carbons (Fsp3) is 0.314. The average molecular weight is 692 g/mol. The van der Waals surface area contributed by atoms with E-state index in [2.05, 4.69) is 20.4 Å². The molecule has 5 aromatic rings. The smallest absolute Gasteiger partial charge is 0.318 e. The number of hydrogen-bond donors (Lipinski definition) is 1. The van der Waals surface area contributed by atoms with Crippen molar-refractivity contribution in [1.82, 2.24) is 24.5 Å². The minimum absolute atomic E-state index is 0.165. The standard InChI is InChI=1S/C35H33F4N7O4/c1-34(2,3)45(31-24-7-5-4-6-22(24)14-15-41-31)33(49)50-46-28(19-29(43-46)35(37,38)39)32(48)42-26-18-23(11-12-25(26)36)27(13-10-21-8-9-21)44-17-16-40-20-30(44)47/h4-7,11-12,14-21,27H,8-10,13H2,1-3H3,(H,42,48). The summed E-state index contributed by atoms with van der Waals surface area (Å²) in [5, 5.41) is 6.98. The van der Waals surface area contributed by atoms with Crippen molar-refractivity contribution in [2.75, 3.05) is 10.2 Å². The Morgan fingerprint density at radius 1 is 1.06 bits per heavy atom. The number of halogens is 4. The molecule has 1 N–H and O–H groups in total. The van der Waals surface area contributed by atoms with Gasteiger partial charge in [0.15, 0.2) is 11.4 Å². The molecule has 1 unspecified atom stereocenters. The van der Waals surface area contributed by atoms with Gasteiger partial charge in [0.1, 0.15) is 11.6 Å². The lowest BCUT2D eigenvalue weighted by Crippen LogP contribution is -2.50. The Labute approximate surface area is 283 Å². The number of pyridine rings is 1. The number of nitrogens with one attached hydrogen (secondary N) is 1. The first-order valence-corrected chi connectivity index (χ1v) is 15.9. The van der Waals surface area contributed by atoms with E-state index in [9.17, 15) is 27.6 Å². The van der Waals surface area contributed by atoms with Crippen LogP contribution in [0.2, 0.25) is 0 Å². The zero-order chi connectivity index (χ0) is 35.8. The van der Waals surface area contributed by atoms with Gasteiger partial charge in [-0.3, -0.25) is 24.3 Å². The topological polar surface area (TPSA) is 124 Å². The van der Waals surface area contributed by atoms with E-state index >= 15 is 4.39 Å². The summed E-state index contributed by atoms with van der Waals surface area (Å²) in [5.74, 6) is -1.44. The maximum absolute atomic E-state index is 15.2. The van der Waals surface area contributed by atoms with E-state index in [-0.39, 0.29) is 21.9 Å². The van der Waals surface area contributed by atoms with Gasteiger partial charge in [0, 0.05) is 35.6 Å². The number of benzene rings is 2. The number of carbonyl (C=O) groups excluding carboxylic acids is 2. The number of carbonyl (C=O) groups is 2. The first-order valence-electron chi connectivity index (χ1n) is 15.9. The van der Waals surface area contributed by atoms with Crippen LogP contribution in [0.1, 0.15) is 74.2 Å². The second-order valence-electron chi connectivity index (χ2n) is 13.1. The zero-order valence-corrected chi connectivity index (χ0v) is 27.3. The number of amides is 2. The predicted octanol–water partition coefficient (Wildman–Crippen LogP) is 7.03. The van der Waals surface area contributed by atoms with Crippen molar-refractivity contribution in [3.05, 3.63) is 113 Å². The van der Waals surface area contributed by atoms with Crippen LogP contribution in [0, 0.1) is 11.7 Å². The van der Waals surface area contributed by atoms with Crippen molar-refractivity contribution in [3.8, 4) is 0 Å². The Morgan fingerprint density at radius 2 is 1.82 bits per heavy atom. The van der Waals surface area contributed by atoms with Crippen molar-refractivity contribution >= 4 is 34.3 Å². The van der Waals surface area contributed by atoms with E-state index in [1.54, 1.807) is 51.1 Å². The Kier molecular flexibility index (Phi) is 9.16. The Hall–Kier alpha value is -5.60. The lowest BCUT2D eigenvalue weighted by molar-refractivity contribution is -0.142. The predicted molar refractivity (Wildman–Crippen MR) is 176 cm³/mol. The quantitative estimate of drug-likeness (QED) is 0.165. The lowest BCUT2D eigenvalue weighted by Gasteiger charge is -2.34. The molecule has 1 saturated carbocycles. The molecule has 260 valence electrons. The third kappa shape index (κ3) is 7.36. The first kappa shape index (κ1) is 34.3. The Bertz CT molecular complexity index is 2110. The highest BCUT2D eigenvalue weighted by Gasteiger charge is 2.39. The molecule has 0 aliphatic heterocycles. The number of nitrogens with zero attached hydrogens (tertiary/aromatic N) is 6. The van der Waals surface area contributed by atoms with Crippen LogP contribution in [-0.2, 0) is 6.18 Å². The van der Waals surface area contributed by atoms with Crippen LogP contribution in [0.3, 0.4) is 0 Å². The van der Waals surface area contributed by atoms with Crippen molar-refractivity contribution in [2.45, 2.75) is 64.2 Å². The second-order valence-corrected chi connectivity index (χ2v) is 13.1. The van der Waals surface area contributed by atoms with Gasteiger partial charge in [-0.25, -0.2) is 14.2 Å². The van der Waals surface area contributed by atoms with Gasteiger partial charge >= 0.3 is 12.3 Å². The van der Waals surface area contributed by atoms with Gasteiger partial charge in [0.2, 0.25) is 0 Å². The highest BCUT2D eigenvalue weighted by Crippen LogP contribution is 2.37. The lowest BCUT2D eigenvalue weighted by atomic mass is 9.99. The average Bonchev–Trinajstić information content (AvgIpc) is 3.78. The van der Waals surface area contributed by atoms with E-state index < -0.39 is 47.0 Å². The third-order valence-corrected chi connectivity index (χ3v) is 8.34. The second kappa shape index (κ2) is 13.4. The summed E-state index contributed by atoms with van der Waals surface area (Å²) in [5.41, 5.74) is -3.62. The molecule has 15 heteroatoms. The summed E-state index contributed by atoms with van der Waals surface area (Å²) < 4.78 is 58.2. The molecule has 0 spiro atoms. The van der Waals surface area contributed by atoms with E-state index in [0.717, 1.165) is 41.8 Å². The molecule has 3 aromatic heterocycles. The van der Waals surface area contributed by atoms with Crippen LogP contribution in [0.5, 0.6) is 0 Å². The highest BCUT2D eigenvalue weighted by atomic mass is 19.4. The van der Waals surface area contributed by atoms with E-state index in [0.29, 0.717) is 29.4 Å². The maximum atomic E-state index is 15.2. The van der Waals surface area contributed by atoms with Crippen LogP contribution < -0.4 is 20.6 Å². The van der Waals surface area contributed by atoms with Gasteiger partial charge in [-0.15, -0.1) is 5.10 Å². The van der Waals surface area contributed by atoms with Gasteiger partial charge in [-0.2, -0.15) is 13.2 Å². The van der Waals surface area contributed by atoms with E-state index in [4.69, 9.17) is 4.84 Å². The minimum Gasteiger partial charge on any atom is -0.318 e. The molecular formula is C35H33F4N7O4. The molecule has 1 atom stereocenters. The molecule has 0 saturated heterocycles. The SMILES string of the molecule is CC(C)(C)N(C(=O)On1nc(C(F)(F)F)cc1C(=O)Nc1cc(C(CCC2CC2)n2ccncc2=O)ccc1F)c1nccc2ccccc12. The number of hydrogen-bond acceptors (Lipinski definition) is 7. The molecule has 11 nitrogen and oxygen atoms in total. The number of alkyl halides is 3. The highest BCUT2D eigenvalue weighted by molar-refractivity contribution is 6.04. The fourth-order valence-corrected chi connectivity index (χ4v) is 5.71. The molecular weight excluding hydrogens is 658 g/mol. The van der Waals surface area contributed by atoms with E-state index in [1.807, 2.05) is 0 Å². The number of anilines is 2. The Balaban J connectivity index is 1.33. The van der Waals surface area contributed by atoms with Gasteiger partial charge in [0.25, 0.3) is 11.5 Å². The van der Waals surface area contributed by atoms with Crippen molar-refractivity contribution < 1.29 is 32.0 Å². The van der Waals surface area contributed by atoms with Crippen molar-refractivity contribution in [2.24, 2.45) is 5.92 Å². The summed E-state index contributed by atoms with van der Waals surface area (Å²) in [6, 6.07) is 12.6. The van der Waals surface area contributed by atoms with Gasteiger partial charge in [-0.05, 0) is 68.7 Å². The van der Waals surface area contributed by atoms with Crippen LogP contribution in [0.15, 0.2) is 84.2 Å². The molecule has 1 aliphatic carbocycles. The molecule has 2 aromatic carbocycles. The van der Waals surface area contributed by atoms with Crippen LogP contribution in [0.25, 0.3) is 10.8 Å². The number of fused-ring (bicyclic) bond motifs is 1. The summed E-state index contributed by atoms with van der Waals surface area (Å²) in [4.78, 5) is 54.9. The molecule has 6 rings (SSSR count). The van der Waals surface area contributed by atoms with Gasteiger partial charge in [-0.1, -0.05) is 48.0 Å². The van der Waals surface area contributed by atoms with Gasteiger partial charge in [0.05, 0.1) is 17.9 Å². The van der Waals surface area contributed by atoms with Crippen molar-refractivity contribution in [3.63, 3.8) is 0 Å². The van der Waals surface area contributed by atoms with Crippen molar-refractivity contribution in [1.29, 1.82) is 0 Å². The molecule has 0 bridgehead atoms. The first-order chi connectivity index (χ1) is 23.7. The summed E-state index contributed by atoms with van der Waals surface area (Å²) in [6.07, 6.45) is 2.91. The van der Waals surface area contributed by atoms with E-state index in [1.165, 1.54) is 35.3 Å². The summed E-state index contributed by atoms with van der Waals surface area (Å²) in [6.45, 7) is 5.01. The monoisotopic (exact) mass is 691 g/mol. The molecule has 50 heavy (non-hydrogen) atoms. The summed E-state index contributed by atoms with van der Waals surface area (Å²) >= 11 is 0. The fourth-order valence-electron chi connectivity index (χ4n) is 5.71.